The van der Waals surface area contributed by atoms with Gasteiger partial charge in [0.1, 0.15) is 23.3 Å². The van der Waals surface area contributed by atoms with Gasteiger partial charge in [0.05, 0.1) is 5.56 Å². The number of hydrogen-bond acceptors (Lipinski definition) is 4. The quantitative estimate of drug-likeness (QED) is 0.286. The Morgan fingerprint density at radius 3 is 2.29 bits per heavy atom. The summed E-state index contributed by atoms with van der Waals surface area (Å²) in [6.07, 6.45) is 0.0604. The summed E-state index contributed by atoms with van der Waals surface area (Å²) < 4.78 is 6.04. The molecule has 0 unspecified atom stereocenters. The fraction of sp³-hybridized carbons (Fsp3) is 0.0714. The molecule has 4 rings (SSSR count). The number of ether oxygens (including phenoxy) is 1. The number of phenols is 1. The van der Waals surface area contributed by atoms with Crippen LogP contribution in [-0.2, 0) is 11.2 Å². The van der Waals surface area contributed by atoms with Crippen LogP contribution in [0.25, 0.3) is 11.1 Å². The lowest BCUT2D eigenvalue weighted by Crippen LogP contribution is -2.42. The Labute approximate surface area is 207 Å². The second-order valence-corrected chi connectivity index (χ2v) is 8.27. The SMILES string of the molecule is O=C(N[C@@H](Cc1ccc(-c2ccccc2Oc2ccccc2)cc1)C(=O)O)c1cc(Cl)ccc1O. The number of carbonyl (C=O) groups is 2. The first-order valence-electron chi connectivity index (χ1n) is 10.8. The van der Waals surface area contributed by atoms with Gasteiger partial charge < -0.3 is 20.3 Å². The average molecular weight is 488 g/mol. The van der Waals surface area contributed by atoms with Crippen molar-refractivity contribution in [2.24, 2.45) is 0 Å². The summed E-state index contributed by atoms with van der Waals surface area (Å²) in [7, 11) is 0. The predicted molar refractivity (Wildman–Crippen MR) is 134 cm³/mol. The molecule has 0 radical (unpaired) electrons. The number of carbonyl (C=O) groups excluding carboxylic acids is 1. The first-order chi connectivity index (χ1) is 16.9. The van der Waals surface area contributed by atoms with E-state index in [1.807, 2.05) is 78.9 Å². The molecule has 1 atom stereocenters. The number of aliphatic carboxylic acids is 1. The normalized spacial score (nSPS) is 11.5. The van der Waals surface area contributed by atoms with Crippen molar-refractivity contribution in [2.45, 2.75) is 12.5 Å². The number of hydrogen-bond donors (Lipinski definition) is 3. The summed E-state index contributed by atoms with van der Waals surface area (Å²) in [6.45, 7) is 0. The van der Waals surface area contributed by atoms with E-state index in [9.17, 15) is 19.8 Å². The second kappa shape index (κ2) is 10.8. The highest BCUT2D eigenvalue weighted by Crippen LogP contribution is 2.33. The van der Waals surface area contributed by atoms with Gasteiger partial charge in [-0.25, -0.2) is 4.79 Å². The van der Waals surface area contributed by atoms with E-state index < -0.39 is 17.9 Å². The summed E-state index contributed by atoms with van der Waals surface area (Å²) >= 11 is 5.90. The van der Waals surface area contributed by atoms with E-state index in [2.05, 4.69) is 5.32 Å². The highest BCUT2D eigenvalue weighted by Gasteiger charge is 2.23. The van der Waals surface area contributed by atoms with Crippen molar-refractivity contribution < 1.29 is 24.5 Å². The Bertz CT molecular complexity index is 1340. The number of aromatic hydroxyl groups is 1. The molecule has 0 bridgehead atoms. The average Bonchev–Trinajstić information content (AvgIpc) is 2.86. The Morgan fingerprint density at radius 1 is 0.886 bits per heavy atom. The summed E-state index contributed by atoms with van der Waals surface area (Å²) in [6, 6.07) is 27.3. The number of halogens is 1. The van der Waals surface area contributed by atoms with Crippen LogP contribution in [0.1, 0.15) is 15.9 Å². The van der Waals surface area contributed by atoms with Crippen LogP contribution in [-0.4, -0.2) is 28.1 Å². The van der Waals surface area contributed by atoms with Gasteiger partial charge in [-0.15, -0.1) is 0 Å². The van der Waals surface area contributed by atoms with Crippen LogP contribution < -0.4 is 10.1 Å². The van der Waals surface area contributed by atoms with Crippen molar-refractivity contribution in [1.29, 1.82) is 0 Å². The largest absolute Gasteiger partial charge is 0.507 e. The van der Waals surface area contributed by atoms with Crippen molar-refractivity contribution in [1.82, 2.24) is 5.32 Å². The van der Waals surface area contributed by atoms with E-state index in [0.717, 1.165) is 22.4 Å². The summed E-state index contributed by atoms with van der Waals surface area (Å²) in [5.41, 5.74) is 2.43. The standard InChI is InChI=1S/C28H22ClNO5/c29-20-14-15-25(31)23(17-20)27(32)30-24(28(33)34)16-18-10-12-19(13-11-18)22-8-4-5-9-26(22)35-21-6-2-1-3-7-21/h1-15,17,24,31H,16H2,(H,30,32)(H,33,34)/t24-/m0/s1. The molecule has 0 spiro atoms. The van der Waals surface area contributed by atoms with Gasteiger partial charge in [-0.05, 0) is 47.5 Å². The molecular weight excluding hydrogens is 466 g/mol. The number of para-hydroxylation sites is 2. The van der Waals surface area contributed by atoms with Gasteiger partial charge in [0, 0.05) is 17.0 Å². The smallest absolute Gasteiger partial charge is 0.326 e. The van der Waals surface area contributed by atoms with Crippen LogP contribution in [0.2, 0.25) is 5.02 Å². The van der Waals surface area contributed by atoms with E-state index in [4.69, 9.17) is 16.3 Å². The third-order valence-corrected chi connectivity index (χ3v) is 5.60. The molecule has 6 nitrogen and oxygen atoms in total. The minimum Gasteiger partial charge on any atom is -0.507 e. The molecule has 7 heteroatoms. The molecule has 0 aliphatic carbocycles. The van der Waals surface area contributed by atoms with Crippen molar-refractivity contribution in [3.63, 3.8) is 0 Å². The van der Waals surface area contributed by atoms with Gasteiger partial charge in [-0.1, -0.05) is 72.3 Å². The van der Waals surface area contributed by atoms with Gasteiger partial charge in [0.15, 0.2) is 0 Å². The fourth-order valence-electron chi connectivity index (χ4n) is 3.59. The zero-order valence-electron chi connectivity index (χ0n) is 18.5. The van der Waals surface area contributed by atoms with Crippen molar-refractivity contribution in [3.05, 3.63) is 113 Å². The molecule has 0 aliphatic heterocycles. The number of amides is 1. The topological polar surface area (TPSA) is 95.9 Å². The highest BCUT2D eigenvalue weighted by atomic mass is 35.5. The van der Waals surface area contributed by atoms with Gasteiger partial charge in [-0.2, -0.15) is 0 Å². The van der Waals surface area contributed by atoms with Gasteiger partial charge in [0.2, 0.25) is 0 Å². The maximum Gasteiger partial charge on any atom is 0.326 e. The molecule has 0 fully saturated rings. The number of phenolic OH excluding ortho intramolecular Hbond substituents is 1. The Morgan fingerprint density at radius 2 is 1.57 bits per heavy atom. The molecule has 0 aromatic heterocycles. The third kappa shape index (κ3) is 5.99. The van der Waals surface area contributed by atoms with E-state index >= 15 is 0 Å². The lowest BCUT2D eigenvalue weighted by molar-refractivity contribution is -0.139. The molecule has 4 aromatic carbocycles. The lowest BCUT2D eigenvalue weighted by atomic mass is 9.99. The maximum absolute atomic E-state index is 12.5. The van der Waals surface area contributed by atoms with Crippen LogP contribution in [0, 0.1) is 0 Å². The molecule has 0 saturated heterocycles. The molecule has 35 heavy (non-hydrogen) atoms. The zero-order valence-corrected chi connectivity index (χ0v) is 19.3. The molecule has 0 saturated carbocycles. The van der Waals surface area contributed by atoms with Gasteiger partial charge in [0.25, 0.3) is 5.91 Å². The van der Waals surface area contributed by atoms with Crippen molar-refractivity contribution >= 4 is 23.5 Å². The number of benzene rings is 4. The molecule has 0 heterocycles. The maximum atomic E-state index is 12.5. The van der Waals surface area contributed by atoms with Crippen molar-refractivity contribution in [3.8, 4) is 28.4 Å². The zero-order chi connectivity index (χ0) is 24.8. The van der Waals surface area contributed by atoms with E-state index in [1.165, 1.54) is 18.2 Å². The second-order valence-electron chi connectivity index (χ2n) is 7.84. The van der Waals surface area contributed by atoms with Crippen LogP contribution in [0.5, 0.6) is 17.2 Å². The molecular formula is C28H22ClNO5. The third-order valence-electron chi connectivity index (χ3n) is 5.37. The number of rotatable bonds is 8. The summed E-state index contributed by atoms with van der Waals surface area (Å²) in [5.74, 6) is -0.769. The Kier molecular flexibility index (Phi) is 7.33. The van der Waals surface area contributed by atoms with Crippen LogP contribution in [0.4, 0.5) is 0 Å². The van der Waals surface area contributed by atoms with E-state index in [0.29, 0.717) is 5.75 Å². The first-order valence-corrected chi connectivity index (χ1v) is 11.2. The lowest BCUT2D eigenvalue weighted by Gasteiger charge is -2.16. The van der Waals surface area contributed by atoms with Gasteiger partial charge >= 0.3 is 5.97 Å². The molecule has 1 amide bonds. The summed E-state index contributed by atoms with van der Waals surface area (Å²) in [5, 5.41) is 22.3. The fourth-order valence-corrected chi connectivity index (χ4v) is 3.76. The van der Waals surface area contributed by atoms with Gasteiger partial charge in [-0.3, -0.25) is 4.79 Å². The monoisotopic (exact) mass is 487 g/mol. The molecule has 4 aromatic rings. The van der Waals surface area contributed by atoms with Crippen molar-refractivity contribution in [2.75, 3.05) is 0 Å². The van der Waals surface area contributed by atoms with Crippen LogP contribution in [0.15, 0.2) is 97.1 Å². The highest BCUT2D eigenvalue weighted by molar-refractivity contribution is 6.31. The molecule has 3 N–H and O–H groups in total. The van der Waals surface area contributed by atoms with E-state index in [-0.39, 0.29) is 22.8 Å². The molecule has 176 valence electrons. The Balaban J connectivity index is 1.50. The molecule has 0 aliphatic rings. The summed E-state index contributed by atoms with van der Waals surface area (Å²) in [4.78, 5) is 24.4. The van der Waals surface area contributed by atoms with Crippen LogP contribution >= 0.6 is 11.6 Å². The number of carboxylic acid groups (broad SMARTS) is 1. The van der Waals surface area contributed by atoms with E-state index in [1.54, 1.807) is 0 Å². The Hall–Kier alpha value is -4.29. The predicted octanol–water partition coefficient (Wildman–Crippen LogP) is 5.93. The number of nitrogens with one attached hydrogen (secondary N) is 1. The number of carboxylic acids is 1. The van der Waals surface area contributed by atoms with Crippen LogP contribution in [0.3, 0.4) is 0 Å². The first kappa shape index (κ1) is 23.9. The minimum absolute atomic E-state index is 0.0604. The minimum atomic E-state index is -1.19.